The highest BCUT2D eigenvalue weighted by Gasteiger charge is 2.31. The van der Waals surface area contributed by atoms with E-state index < -0.39 is 0 Å². The largest absolute Gasteiger partial charge is 0.472 e. The lowest BCUT2D eigenvalue weighted by Crippen LogP contribution is -2.59. The summed E-state index contributed by atoms with van der Waals surface area (Å²) in [7, 11) is 0. The smallest absolute Gasteiger partial charge is 0.0947 e. The van der Waals surface area contributed by atoms with Crippen molar-refractivity contribution in [3.63, 3.8) is 0 Å². The molecule has 2 heterocycles. The van der Waals surface area contributed by atoms with Gasteiger partial charge in [0.1, 0.15) is 0 Å². The van der Waals surface area contributed by atoms with Crippen molar-refractivity contribution in [1.82, 2.24) is 10.2 Å². The average molecular weight is 222 g/mol. The van der Waals surface area contributed by atoms with Gasteiger partial charge in [-0.3, -0.25) is 4.90 Å². The molecule has 0 aromatic carbocycles. The highest BCUT2D eigenvalue weighted by molar-refractivity contribution is 5.06. The molecule has 16 heavy (non-hydrogen) atoms. The predicted octanol–water partition coefficient (Wildman–Crippen LogP) is 2.24. The van der Waals surface area contributed by atoms with Crippen molar-refractivity contribution < 1.29 is 4.42 Å². The van der Waals surface area contributed by atoms with Crippen LogP contribution in [0.4, 0.5) is 0 Å². The topological polar surface area (TPSA) is 28.4 Å². The Hall–Kier alpha value is -0.800. The molecule has 0 atom stereocenters. The van der Waals surface area contributed by atoms with Gasteiger partial charge in [0, 0.05) is 37.3 Å². The highest BCUT2D eigenvalue weighted by atomic mass is 16.3. The van der Waals surface area contributed by atoms with E-state index in [-0.39, 0.29) is 0 Å². The first-order valence-electron chi connectivity index (χ1n) is 6.26. The standard InChI is InChI=1S/C13H22N2O/c1-3-13(4-2)11-15(7-6-14-13)9-12-5-8-16-10-12/h5,8,10,14H,3-4,6-7,9,11H2,1-2H3. The van der Waals surface area contributed by atoms with Crippen molar-refractivity contribution in [2.75, 3.05) is 19.6 Å². The fourth-order valence-corrected chi connectivity index (χ4v) is 2.54. The number of piperazine rings is 1. The molecule has 0 bridgehead atoms. The summed E-state index contributed by atoms with van der Waals surface area (Å²) in [6.07, 6.45) is 6.00. The molecule has 0 aliphatic carbocycles. The zero-order valence-corrected chi connectivity index (χ0v) is 10.3. The van der Waals surface area contributed by atoms with E-state index in [1.54, 1.807) is 6.26 Å². The second-order valence-electron chi connectivity index (χ2n) is 4.76. The fraction of sp³-hybridized carbons (Fsp3) is 0.692. The van der Waals surface area contributed by atoms with Gasteiger partial charge in [0.25, 0.3) is 0 Å². The van der Waals surface area contributed by atoms with Crippen molar-refractivity contribution >= 4 is 0 Å². The van der Waals surface area contributed by atoms with Gasteiger partial charge in [-0.15, -0.1) is 0 Å². The van der Waals surface area contributed by atoms with Crippen LogP contribution in [0.5, 0.6) is 0 Å². The van der Waals surface area contributed by atoms with Crippen LogP contribution < -0.4 is 5.32 Å². The zero-order valence-electron chi connectivity index (χ0n) is 10.3. The summed E-state index contributed by atoms with van der Waals surface area (Å²) in [4.78, 5) is 2.52. The third kappa shape index (κ3) is 2.47. The van der Waals surface area contributed by atoms with Gasteiger partial charge in [-0.1, -0.05) is 13.8 Å². The molecule has 1 N–H and O–H groups in total. The van der Waals surface area contributed by atoms with Crippen LogP contribution in [0.25, 0.3) is 0 Å². The maximum atomic E-state index is 5.12. The number of hydrogen-bond acceptors (Lipinski definition) is 3. The third-order valence-corrected chi connectivity index (χ3v) is 3.79. The van der Waals surface area contributed by atoms with Crippen LogP contribution in [-0.4, -0.2) is 30.1 Å². The highest BCUT2D eigenvalue weighted by Crippen LogP contribution is 2.21. The molecule has 2 rings (SSSR count). The van der Waals surface area contributed by atoms with Gasteiger partial charge in [0.15, 0.2) is 0 Å². The van der Waals surface area contributed by atoms with Crippen LogP contribution in [0, 0.1) is 0 Å². The first kappa shape index (κ1) is 11.7. The van der Waals surface area contributed by atoms with E-state index in [1.165, 1.54) is 18.4 Å². The van der Waals surface area contributed by atoms with Gasteiger partial charge in [-0.2, -0.15) is 0 Å². The molecule has 0 radical (unpaired) electrons. The Bertz CT molecular complexity index is 304. The SMILES string of the molecule is CCC1(CC)CN(Cc2ccoc2)CCN1. The fourth-order valence-electron chi connectivity index (χ4n) is 2.54. The molecule has 1 aliphatic heterocycles. The number of hydrogen-bond donors (Lipinski definition) is 1. The molecule has 0 amide bonds. The van der Waals surface area contributed by atoms with Crippen molar-refractivity contribution in [3.8, 4) is 0 Å². The molecule has 1 aromatic rings. The van der Waals surface area contributed by atoms with Crippen LogP contribution >= 0.6 is 0 Å². The maximum Gasteiger partial charge on any atom is 0.0947 e. The van der Waals surface area contributed by atoms with Crippen molar-refractivity contribution in [1.29, 1.82) is 0 Å². The second kappa shape index (κ2) is 5.02. The van der Waals surface area contributed by atoms with Gasteiger partial charge >= 0.3 is 0 Å². The summed E-state index contributed by atoms with van der Waals surface area (Å²) in [5, 5.41) is 3.68. The number of nitrogens with one attached hydrogen (secondary N) is 1. The number of nitrogens with zero attached hydrogens (tertiary/aromatic N) is 1. The molecule has 0 spiro atoms. The van der Waals surface area contributed by atoms with Gasteiger partial charge in [0.2, 0.25) is 0 Å². The van der Waals surface area contributed by atoms with Gasteiger partial charge in [-0.05, 0) is 18.9 Å². The quantitative estimate of drug-likeness (QED) is 0.847. The summed E-state index contributed by atoms with van der Waals surface area (Å²) in [6, 6.07) is 2.06. The lowest BCUT2D eigenvalue weighted by molar-refractivity contribution is 0.118. The summed E-state index contributed by atoms with van der Waals surface area (Å²) >= 11 is 0. The monoisotopic (exact) mass is 222 g/mol. The Kier molecular flexibility index (Phi) is 3.66. The van der Waals surface area contributed by atoms with Crippen LogP contribution in [0.15, 0.2) is 23.0 Å². The van der Waals surface area contributed by atoms with Gasteiger partial charge in [-0.25, -0.2) is 0 Å². The van der Waals surface area contributed by atoms with Crippen LogP contribution in [0.2, 0.25) is 0 Å². The average Bonchev–Trinajstić information content (AvgIpc) is 2.82. The van der Waals surface area contributed by atoms with E-state index in [4.69, 9.17) is 4.42 Å². The maximum absolute atomic E-state index is 5.12. The Morgan fingerprint density at radius 2 is 2.25 bits per heavy atom. The zero-order chi connectivity index (χ0) is 11.4. The first-order valence-corrected chi connectivity index (χ1v) is 6.26. The summed E-state index contributed by atoms with van der Waals surface area (Å²) in [6.45, 7) is 8.94. The van der Waals surface area contributed by atoms with Gasteiger partial charge < -0.3 is 9.73 Å². The van der Waals surface area contributed by atoms with E-state index in [0.717, 1.165) is 26.2 Å². The molecular formula is C13H22N2O. The predicted molar refractivity (Wildman–Crippen MR) is 65.3 cm³/mol. The molecule has 1 saturated heterocycles. The lowest BCUT2D eigenvalue weighted by atomic mass is 9.90. The van der Waals surface area contributed by atoms with E-state index in [0.29, 0.717) is 5.54 Å². The molecule has 1 aromatic heterocycles. The van der Waals surface area contributed by atoms with Crippen LogP contribution in [0.3, 0.4) is 0 Å². The minimum Gasteiger partial charge on any atom is -0.472 e. The van der Waals surface area contributed by atoms with Crippen molar-refractivity contribution in [2.45, 2.75) is 38.8 Å². The van der Waals surface area contributed by atoms with E-state index in [9.17, 15) is 0 Å². The summed E-state index contributed by atoms with van der Waals surface area (Å²) in [5.74, 6) is 0. The molecule has 3 heteroatoms. The molecule has 0 unspecified atom stereocenters. The van der Waals surface area contributed by atoms with E-state index in [2.05, 4.69) is 30.1 Å². The van der Waals surface area contributed by atoms with E-state index >= 15 is 0 Å². The van der Waals surface area contributed by atoms with E-state index in [1.807, 2.05) is 6.26 Å². The minimum atomic E-state index is 0.321. The number of furan rings is 1. The van der Waals surface area contributed by atoms with Gasteiger partial charge in [0.05, 0.1) is 12.5 Å². The minimum absolute atomic E-state index is 0.321. The molecule has 1 aliphatic rings. The summed E-state index contributed by atoms with van der Waals surface area (Å²) in [5.41, 5.74) is 1.60. The third-order valence-electron chi connectivity index (χ3n) is 3.79. The Balaban J connectivity index is 1.96. The first-order chi connectivity index (χ1) is 7.78. The second-order valence-corrected chi connectivity index (χ2v) is 4.76. The molecule has 3 nitrogen and oxygen atoms in total. The Morgan fingerprint density at radius 3 is 2.88 bits per heavy atom. The number of rotatable bonds is 4. The van der Waals surface area contributed by atoms with Crippen LogP contribution in [-0.2, 0) is 6.54 Å². The normalized spacial score (nSPS) is 21.1. The molecular weight excluding hydrogens is 200 g/mol. The summed E-state index contributed by atoms with van der Waals surface area (Å²) < 4.78 is 5.12. The molecule has 90 valence electrons. The van der Waals surface area contributed by atoms with Crippen molar-refractivity contribution in [3.05, 3.63) is 24.2 Å². The van der Waals surface area contributed by atoms with Crippen molar-refractivity contribution in [2.24, 2.45) is 0 Å². The Morgan fingerprint density at radius 1 is 1.44 bits per heavy atom. The molecule has 1 fully saturated rings. The lowest BCUT2D eigenvalue weighted by Gasteiger charge is -2.43. The Labute approximate surface area is 97.8 Å². The van der Waals surface area contributed by atoms with Crippen LogP contribution in [0.1, 0.15) is 32.3 Å². The molecule has 0 saturated carbocycles.